The van der Waals surface area contributed by atoms with Gasteiger partial charge in [0.15, 0.2) is 0 Å². The minimum atomic E-state index is 0. The highest BCUT2D eigenvalue weighted by molar-refractivity contribution is 9.10. The minimum Gasteiger partial charge on any atom is -0.344 e. The number of nitrogens with one attached hydrogen (secondary N) is 1. The summed E-state index contributed by atoms with van der Waals surface area (Å²) >= 11 is 3.45. The van der Waals surface area contributed by atoms with Crippen LogP contribution in [0.15, 0.2) is 28.7 Å². The van der Waals surface area contributed by atoms with Crippen molar-refractivity contribution in [1.29, 1.82) is 0 Å². The fourth-order valence-electron chi connectivity index (χ4n) is 2.32. The van der Waals surface area contributed by atoms with Crippen LogP contribution in [-0.4, -0.2) is 38.0 Å². The number of benzene rings is 1. The van der Waals surface area contributed by atoms with E-state index in [1.165, 1.54) is 18.4 Å². The van der Waals surface area contributed by atoms with Crippen molar-refractivity contribution in [1.82, 2.24) is 10.2 Å². The summed E-state index contributed by atoms with van der Waals surface area (Å²) in [5.41, 5.74) is 1.54. The number of amides is 1. The Morgan fingerprint density at radius 2 is 1.95 bits per heavy atom. The predicted molar refractivity (Wildman–Crippen MR) is 83.9 cm³/mol. The van der Waals surface area contributed by atoms with E-state index in [0.717, 1.165) is 11.0 Å². The second-order valence-corrected chi connectivity index (χ2v) is 5.98. The Labute approximate surface area is 129 Å². The van der Waals surface area contributed by atoms with Gasteiger partial charge in [-0.05, 0) is 37.6 Å². The molecule has 0 aromatic heterocycles. The lowest BCUT2D eigenvalue weighted by molar-refractivity contribution is -0.129. The number of likely N-dealkylation sites (N-methyl/N-ethyl adjacent to an activating group) is 2. The Balaban J connectivity index is 0.00000180. The zero-order valence-electron chi connectivity index (χ0n) is 11.3. The number of halogens is 2. The third-order valence-electron chi connectivity index (χ3n) is 3.60. The largest absolute Gasteiger partial charge is 0.344 e. The SMILES string of the molecule is CNCC(=O)N(C)CC1(c2ccc(Br)cc2)CC1.Cl. The van der Waals surface area contributed by atoms with Gasteiger partial charge in [-0.1, -0.05) is 28.1 Å². The molecule has 0 atom stereocenters. The van der Waals surface area contributed by atoms with E-state index in [0.29, 0.717) is 6.54 Å². The molecule has 1 aliphatic rings. The number of carbonyl (C=O) groups is 1. The van der Waals surface area contributed by atoms with Gasteiger partial charge in [-0.3, -0.25) is 4.79 Å². The molecular formula is C14H20BrClN2O. The lowest BCUT2D eigenvalue weighted by Gasteiger charge is -2.24. The molecule has 0 aliphatic heterocycles. The van der Waals surface area contributed by atoms with Crippen molar-refractivity contribution in [3.05, 3.63) is 34.3 Å². The van der Waals surface area contributed by atoms with Crippen LogP contribution in [0, 0.1) is 0 Å². The summed E-state index contributed by atoms with van der Waals surface area (Å²) in [6.07, 6.45) is 2.34. The summed E-state index contributed by atoms with van der Waals surface area (Å²) < 4.78 is 1.10. The Hall–Kier alpha value is -0.580. The van der Waals surface area contributed by atoms with Gasteiger partial charge in [0.25, 0.3) is 0 Å². The van der Waals surface area contributed by atoms with Crippen molar-refractivity contribution in [2.75, 3.05) is 27.2 Å². The quantitative estimate of drug-likeness (QED) is 0.888. The Morgan fingerprint density at radius 1 is 1.37 bits per heavy atom. The van der Waals surface area contributed by atoms with Crippen LogP contribution < -0.4 is 5.32 Å². The fourth-order valence-corrected chi connectivity index (χ4v) is 2.59. The summed E-state index contributed by atoms with van der Waals surface area (Å²) in [6, 6.07) is 8.47. The second-order valence-electron chi connectivity index (χ2n) is 5.07. The molecule has 0 heterocycles. The number of carbonyl (C=O) groups excluding carboxylic acids is 1. The Bertz CT molecular complexity index is 432. The molecular weight excluding hydrogens is 328 g/mol. The van der Waals surface area contributed by atoms with Crippen LogP contribution in [-0.2, 0) is 10.2 Å². The van der Waals surface area contributed by atoms with Gasteiger partial charge in [0.1, 0.15) is 0 Å². The Morgan fingerprint density at radius 3 is 2.42 bits per heavy atom. The van der Waals surface area contributed by atoms with Crippen molar-refractivity contribution >= 4 is 34.2 Å². The van der Waals surface area contributed by atoms with Crippen LogP contribution in [0.5, 0.6) is 0 Å². The van der Waals surface area contributed by atoms with E-state index in [1.807, 2.05) is 11.9 Å². The molecule has 2 rings (SSSR count). The topological polar surface area (TPSA) is 32.3 Å². The van der Waals surface area contributed by atoms with E-state index in [1.54, 1.807) is 7.05 Å². The van der Waals surface area contributed by atoms with Gasteiger partial charge in [-0.2, -0.15) is 0 Å². The summed E-state index contributed by atoms with van der Waals surface area (Å²) in [6.45, 7) is 1.22. The van der Waals surface area contributed by atoms with E-state index >= 15 is 0 Å². The van der Waals surface area contributed by atoms with Gasteiger partial charge in [-0.15, -0.1) is 12.4 Å². The van der Waals surface area contributed by atoms with Crippen LogP contribution in [0.3, 0.4) is 0 Å². The highest BCUT2D eigenvalue weighted by atomic mass is 79.9. The standard InChI is InChI=1S/C14H19BrN2O.ClH/c1-16-9-13(18)17(2)10-14(7-8-14)11-3-5-12(15)6-4-11;/h3-6,16H,7-10H2,1-2H3;1H. The molecule has 1 aliphatic carbocycles. The fraction of sp³-hybridized carbons (Fsp3) is 0.500. The van der Waals surface area contributed by atoms with Crippen LogP contribution in [0.2, 0.25) is 0 Å². The zero-order valence-corrected chi connectivity index (χ0v) is 13.7. The van der Waals surface area contributed by atoms with Gasteiger partial charge >= 0.3 is 0 Å². The van der Waals surface area contributed by atoms with Gasteiger partial charge in [0.2, 0.25) is 5.91 Å². The average Bonchev–Trinajstić information content (AvgIpc) is 3.11. The molecule has 1 N–H and O–H groups in total. The summed E-state index contributed by atoms with van der Waals surface area (Å²) in [7, 11) is 3.69. The van der Waals surface area contributed by atoms with Crippen molar-refractivity contribution in [2.45, 2.75) is 18.3 Å². The molecule has 1 aromatic rings. The summed E-state index contributed by atoms with van der Waals surface area (Å²) in [5, 5.41) is 2.90. The molecule has 1 amide bonds. The van der Waals surface area contributed by atoms with Crippen molar-refractivity contribution in [2.24, 2.45) is 0 Å². The van der Waals surface area contributed by atoms with Gasteiger partial charge in [-0.25, -0.2) is 0 Å². The average molecular weight is 348 g/mol. The smallest absolute Gasteiger partial charge is 0.236 e. The maximum absolute atomic E-state index is 11.8. The lowest BCUT2D eigenvalue weighted by atomic mass is 9.95. The van der Waals surface area contributed by atoms with Crippen LogP contribution in [0.4, 0.5) is 0 Å². The van der Waals surface area contributed by atoms with Crippen molar-refractivity contribution in [3.63, 3.8) is 0 Å². The molecule has 1 saturated carbocycles. The number of nitrogens with zero attached hydrogens (tertiary/aromatic N) is 1. The van der Waals surface area contributed by atoms with E-state index in [4.69, 9.17) is 0 Å². The first kappa shape index (κ1) is 16.5. The lowest BCUT2D eigenvalue weighted by Crippen LogP contribution is -2.39. The monoisotopic (exact) mass is 346 g/mol. The van der Waals surface area contributed by atoms with Crippen LogP contribution in [0.1, 0.15) is 18.4 Å². The summed E-state index contributed by atoms with van der Waals surface area (Å²) in [5.74, 6) is 0.154. The highest BCUT2D eigenvalue weighted by Gasteiger charge is 2.45. The first-order valence-corrected chi connectivity index (χ1v) is 7.01. The molecule has 5 heteroatoms. The zero-order chi connectivity index (χ0) is 13.2. The van der Waals surface area contributed by atoms with E-state index < -0.39 is 0 Å². The minimum absolute atomic E-state index is 0. The van der Waals surface area contributed by atoms with Gasteiger partial charge in [0.05, 0.1) is 6.54 Å². The first-order valence-electron chi connectivity index (χ1n) is 6.22. The molecule has 0 bridgehead atoms. The third-order valence-corrected chi connectivity index (χ3v) is 4.13. The second kappa shape index (κ2) is 6.73. The number of hydrogen-bond donors (Lipinski definition) is 1. The predicted octanol–water partition coefficient (Wildman–Crippen LogP) is 2.58. The first-order chi connectivity index (χ1) is 8.57. The molecule has 0 saturated heterocycles. The highest BCUT2D eigenvalue weighted by Crippen LogP contribution is 2.48. The molecule has 106 valence electrons. The Kier molecular flexibility index (Phi) is 5.83. The van der Waals surface area contributed by atoms with E-state index in [-0.39, 0.29) is 23.7 Å². The summed E-state index contributed by atoms with van der Waals surface area (Å²) in [4.78, 5) is 13.6. The molecule has 3 nitrogen and oxygen atoms in total. The number of rotatable bonds is 5. The molecule has 0 spiro atoms. The van der Waals surface area contributed by atoms with Crippen molar-refractivity contribution in [3.8, 4) is 0 Å². The van der Waals surface area contributed by atoms with Crippen molar-refractivity contribution < 1.29 is 4.79 Å². The number of hydrogen-bond acceptors (Lipinski definition) is 2. The van der Waals surface area contributed by atoms with E-state index in [9.17, 15) is 4.79 Å². The van der Waals surface area contributed by atoms with E-state index in [2.05, 4.69) is 45.5 Å². The molecule has 19 heavy (non-hydrogen) atoms. The molecule has 1 aromatic carbocycles. The maximum atomic E-state index is 11.8. The van der Waals surface area contributed by atoms with Gasteiger partial charge in [0, 0.05) is 23.5 Å². The molecule has 1 fully saturated rings. The molecule has 0 radical (unpaired) electrons. The van der Waals surface area contributed by atoms with Crippen LogP contribution >= 0.6 is 28.3 Å². The third kappa shape index (κ3) is 3.94. The van der Waals surface area contributed by atoms with Crippen LogP contribution in [0.25, 0.3) is 0 Å². The molecule has 0 unspecified atom stereocenters. The normalized spacial score (nSPS) is 15.5. The van der Waals surface area contributed by atoms with Gasteiger partial charge < -0.3 is 10.2 Å². The maximum Gasteiger partial charge on any atom is 0.236 e.